The van der Waals surface area contributed by atoms with Crippen molar-refractivity contribution in [2.24, 2.45) is 14.1 Å². The first-order chi connectivity index (χ1) is 15.2. The van der Waals surface area contributed by atoms with Gasteiger partial charge < -0.3 is 9.64 Å². The van der Waals surface area contributed by atoms with Crippen molar-refractivity contribution in [1.82, 2.24) is 24.5 Å². The summed E-state index contributed by atoms with van der Waals surface area (Å²) in [6.07, 6.45) is 4.07. The van der Waals surface area contributed by atoms with Crippen LogP contribution < -0.4 is 0 Å². The topological polar surface area (TPSA) is 82.2 Å². The number of hydrogen-bond donors (Lipinski definition) is 0. The van der Waals surface area contributed by atoms with Crippen molar-refractivity contribution in [3.05, 3.63) is 45.8 Å². The highest BCUT2D eigenvalue weighted by molar-refractivity contribution is 9.10. The largest absolute Gasteiger partial charge is 0.379 e. The number of aryl methyl sites for hydroxylation is 2. The molecule has 0 saturated heterocycles. The van der Waals surface area contributed by atoms with Gasteiger partial charge in [0.1, 0.15) is 10.3 Å². The van der Waals surface area contributed by atoms with Gasteiger partial charge in [-0.25, -0.2) is 0 Å². The third kappa shape index (κ3) is 7.08. The molecule has 0 spiro atoms. The predicted octanol–water partition coefficient (Wildman–Crippen LogP) is 3.55. The van der Waals surface area contributed by atoms with Gasteiger partial charge in [0.25, 0.3) is 0 Å². The minimum absolute atomic E-state index is 0.442. The highest BCUT2D eigenvalue weighted by Crippen LogP contribution is 2.31. The summed E-state index contributed by atoms with van der Waals surface area (Å²) in [5.41, 5.74) is 2.05. The van der Waals surface area contributed by atoms with Crippen LogP contribution in [-0.4, -0.2) is 74.6 Å². The summed E-state index contributed by atoms with van der Waals surface area (Å²) in [6.45, 7) is 5.49. The van der Waals surface area contributed by atoms with E-state index >= 15 is 0 Å². The summed E-state index contributed by atoms with van der Waals surface area (Å²) in [7, 11) is 6.43. The van der Waals surface area contributed by atoms with Gasteiger partial charge in [-0.3, -0.25) is 18.4 Å². The van der Waals surface area contributed by atoms with Crippen molar-refractivity contribution in [2.45, 2.75) is 4.90 Å². The van der Waals surface area contributed by atoms with E-state index in [1.807, 2.05) is 32.1 Å². The monoisotopic (exact) mass is 543 g/mol. The average Bonchev–Trinajstić information content (AvgIpc) is 3.26. The van der Waals surface area contributed by atoms with E-state index in [2.05, 4.69) is 32.7 Å². The van der Waals surface area contributed by atoms with Crippen molar-refractivity contribution in [2.75, 3.05) is 39.6 Å². The van der Waals surface area contributed by atoms with Gasteiger partial charge in [0.2, 0.25) is 0 Å². The smallest absolute Gasteiger partial charge is 0.170 e. The highest BCUT2D eigenvalue weighted by atomic mass is 79.9. The molecule has 2 heterocycles. The summed E-state index contributed by atoms with van der Waals surface area (Å²) in [5.74, 6) is 0.452. The lowest BCUT2D eigenvalue weighted by Crippen LogP contribution is -2.19. The van der Waals surface area contributed by atoms with E-state index in [-0.39, 0.29) is 0 Å². The zero-order valence-corrected chi connectivity index (χ0v) is 21.7. The maximum atomic E-state index is 12.4. The number of fused-ring (bicyclic) bond motifs is 1. The molecule has 32 heavy (non-hydrogen) atoms. The molecular formula is C21H27BrClN5O3S. The average molecular weight is 545 g/mol. The fourth-order valence-corrected chi connectivity index (χ4v) is 4.75. The molecule has 8 nitrogen and oxygen atoms in total. The molecule has 11 heteroatoms. The van der Waals surface area contributed by atoms with E-state index in [4.69, 9.17) is 16.3 Å². The van der Waals surface area contributed by atoms with Crippen LogP contribution in [0.15, 0.2) is 34.4 Å². The fourth-order valence-electron chi connectivity index (χ4n) is 2.80. The van der Waals surface area contributed by atoms with E-state index in [1.54, 1.807) is 34.8 Å². The Morgan fingerprint density at radius 1 is 1.28 bits per heavy atom. The molecule has 3 rings (SSSR count). The molecule has 3 aromatic rings. The Morgan fingerprint density at radius 3 is 2.59 bits per heavy atom. The van der Waals surface area contributed by atoms with Crippen molar-refractivity contribution in [3.8, 4) is 0 Å². The second kappa shape index (κ2) is 12.4. The maximum Gasteiger partial charge on any atom is 0.170 e. The highest BCUT2D eigenvalue weighted by Gasteiger charge is 2.14. The zero-order chi connectivity index (χ0) is 23.8. The lowest BCUT2D eigenvalue weighted by Gasteiger charge is -2.10. The van der Waals surface area contributed by atoms with Crippen molar-refractivity contribution < 1.29 is 13.7 Å². The third-order valence-electron chi connectivity index (χ3n) is 4.40. The number of hydrogen-bond acceptors (Lipinski definition) is 6. The summed E-state index contributed by atoms with van der Waals surface area (Å²) in [5, 5.41) is 9.57. The van der Waals surface area contributed by atoms with Crippen LogP contribution >= 0.6 is 27.5 Å². The van der Waals surface area contributed by atoms with Gasteiger partial charge in [0.05, 0.1) is 40.3 Å². The molecule has 0 aliphatic heterocycles. The molecule has 0 radical (unpaired) electrons. The normalized spacial score (nSPS) is 12.0. The van der Waals surface area contributed by atoms with Gasteiger partial charge in [-0.1, -0.05) is 24.3 Å². The molecule has 0 fully saturated rings. The first kappa shape index (κ1) is 26.4. The van der Waals surface area contributed by atoms with Gasteiger partial charge >= 0.3 is 0 Å². The van der Waals surface area contributed by atoms with E-state index in [0.717, 1.165) is 29.3 Å². The van der Waals surface area contributed by atoms with Crippen LogP contribution in [0.5, 0.6) is 0 Å². The molecule has 0 N–H and O–H groups in total. The molecule has 174 valence electrons. The Kier molecular flexibility index (Phi) is 10.2. The molecule has 1 unspecified atom stereocenters. The maximum absolute atomic E-state index is 12.4. The van der Waals surface area contributed by atoms with E-state index in [1.165, 1.54) is 0 Å². The molecule has 0 aliphatic carbocycles. The van der Waals surface area contributed by atoms with E-state index < -0.39 is 10.8 Å². The summed E-state index contributed by atoms with van der Waals surface area (Å²) < 4.78 is 21.9. The van der Waals surface area contributed by atoms with Crippen LogP contribution in [0, 0.1) is 0 Å². The molecule has 0 amide bonds. The number of halogens is 2. The second-order valence-corrected chi connectivity index (χ2v) is 9.88. The standard InChI is InChI=1S/C14H19BrClN3O2S.C7H8N2O/c1-18(2)4-5-21-6-7-22(20)10-8-11-13(12(16)9-10)19(3)17-14(11)15;1-3-6-4-9(2)8-7(6)5-10/h8-9H,4-7H2,1-3H3;3-5H,1H2,2H3. The number of aldehydes is 1. The SMILES string of the molecule is C=Cc1cn(C)nc1C=O.CN(C)CCOCCS(=O)c1cc(Cl)c2c(c1)c(Br)nn2C. The van der Waals surface area contributed by atoms with Crippen molar-refractivity contribution >= 4 is 61.6 Å². The Labute approximate surface area is 203 Å². The van der Waals surface area contributed by atoms with Gasteiger partial charge in [0.15, 0.2) is 6.29 Å². The number of likely N-dealkylation sites (N-methyl/N-ethyl adjacent to an activating group) is 1. The minimum atomic E-state index is -1.14. The van der Waals surface area contributed by atoms with Gasteiger partial charge in [-0.2, -0.15) is 10.2 Å². The number of ether oxygens (including phenoxy) is 1. The van der Waals surface area contributed by atoms with Gasteiger partial charge in [-0.05, 0) is 42.2 Å². The number of nitrogens with zero attached hydrogens (tertiary/aromatic N) is 5. The summed E-state index contributed by atoms with van der Waals surface area (Å²) in [6, 6.07) is 3.61. The van der Waals surface area contributed by atoms with Crippen LogP contribution in [0.25, 0.3) is 17.0 Å². The van der Waals surface area contributed by atoms with Crippen molar-refractivity contribution in [1.29, 1.82) is 0 Å². The third-order valence-corrected chi connectivity index (χ3v) is 6.57. The Morgan fingerprint density at radius 2 is 2.00 bits per heavy atom. The van der Waals surface area contributed by atoms with Crippen LogP contribution in [0.1, 0.15) is 16.1 Å². The summed E-state index contributed by atoms with van der Waals surface area (Å²) >= 11 is 9.69. The van der Waals surface area contributed by atoms with Crippen LogP contribution in [0.3, 0.4) is 0 Å². The predicted molar refractivity (Wildman–Crippen MR) is 133 cm³/mol. The molecule has 1 aromatic carbocycles. The van der Waals surface area contributed by atoms with Gasteiger partial charge in [-0.15, -0.1) is 0 Å². The Hall–Kier alpha value is -1.85. The van der Waals surface area contributed by atoms with Crippen molar-refractivity contribution in [3.63, 3.8) is 0 Å². The lowest BCUT2D eigenvalue weighted by molar-refractivity contribution is 0.111. The Bertz CT molecular complexity index is 1090. The molecule has 1 atom stereocenters. The van der Waals surface area contributed by atoms with Crippen LogP contribution in [0.4, 0.5) is 0 Å². The molecular weight excluding hydrogens is 518 g/mol. The number of aromatic nitrogens is 4. The van der Waals surface area contributed by atoms with E-state index in [9.17, 15) is 9.00 Å². The van der Waals surface area contributed by atoms with Crippen LogP contribution in [-0.2, 0) is 29.6 Å². The number of benzene rings is 1. The van der Waals surface area contributed by atoms with Crippen LogP contribution in [0.2, 0.25) is 5.02 Å². The lowest BCUT2D eigenvalue weighted by atomic mass is 10.2. The molecule has 0 saturated carbocycles. The van der Waals surface area contributed by atoms with Gasteiger partial charge in [0, 0.05) is 42.7 Å². The summed E-state index contributed by atoms with van der Waals surface area (Å²) in [4.78, 5) is 13.0. The molecule has 0 aliphatic rings. The fraction of sp³-hybridized carbons (Fsp3) is 0.381. The number of carbonyl (C=O) groups is 1. The molecule has 2 aromatic heterocycles. The zero-order valence-electron chi connectivity index (χ0n) is 18.5. The number of rotatable bonds is 9. The quantitative estimate of drug-likeness (QED) is 0.303. The van der Waals surface area contributed by atoms with E-state index in [0.29, 0.717) is 39.2 Å². The number of carbonyl (C=O) groups excluding carboxylic acids is 1. The first-order valence-corrected chi connectivity index (χ1v) is 12.2. The first-order valence-electron chi connectivity index (χ1n) is 9.71. The minimum Gasteiger partial charge on any atom is -0.379 e. The Balaban J connectivity index is 0.000000303. The second-order valence-electron chi connectivity index (χ2n) is 7.15. The molecule has 0 bridgehead atoms.